The van der Waals surface area contributed by atoms with Gasteiger partial charge in [0.1, 0.15) is 0 Å². The number of para-hydroxylation sites is 5. The summed E-state index contributed by atoms with van der Waals surface area (Å²) < 4.78 is 4.30. The third kappa shape index (κ3) is 3.75. The molecule has 6 heteroatoms. The number of benzene rings is 4. The van der Waals surface area contributed by atoms with Crippen LogP contribution in [0.15, 0.2) is 108 Å². The molecule has 1 aliphatic rings. The summed E-state index contributed by atoms with van der Waals surface area (Å²) in [7, 11) is 0. The van der Waals surface area contributed by atoms with Crippen molar-refractivity contribution in [3.63, 3.8) is 0 Å². The highest BCUT2D eigenvalue weighted by Gasteiger charge is 2.23. The van der Waals surface area contributed by atoms with Gasteiger partial charge in [-0.15, -0.1) is 0 Å². The third-order valence-electron chi connectivity index (χ3n) is 8.49. The van der Waals surface area contributed by atoms with Gasteiger partial charge in [-0.2, -0.15) is 0 Å². The van der Waals surface area contributed by atoms with Crippen LogP contribution in [0.25, 0.3) is 49.7 Å². The molecule has 0 unspecified atom stereocenters. The van der Waals surface area contributed by atoms with Crippen LogP contribution in [0.1, 0.15) is 24.4 Å². The van der Waals surface area contributed by atoms with Crippen LogP contribution in [0.5, 0.6) is 0 Å². The second-order valence-electron chi connectivity index (χ2n) is 10.9. The molecule has 0 radical (unpaired) electrons. The molecular weight excluding hydrogens is 494 g/mol. The molecule has 196 valence electrons. The Balaban J connectivity index is 1.05. The molecule has 3 aromatic heterocycles. The zero-order valence-electron chi connectivity index (χ0n) is 22.1. The van der Waals surface area contributed by atoms with Crippen molar-refractivity contribution in [2.75, 3.05) is 13.1 Å². The fourth-order valence-electron chi connectivity index (χ4n) is 6.53. The molecule has 1 fully saturated rings. The second-order valence-corrected chi connectivity index (χ2v) is 10.9. The topological polar surface area (TPSA) is 58.3 Å². The van der Waals surface area contributed by atoms with E-state index in [1.807, 2.05) is 28.8 Å². The smallest absolute Gasteiger partial charge is 0.306 e. The summed E-state index contributed by atoms with van der Waals surface area (Å²) >= 11 is 0. The van der Waals surface area contributed by atoms with Crippen LogP contribution in [0, 0.1) is 0 Å². The molecule has 40 heavy (non-hydrogen) atoms. The maximum Gasteiger partial charge on any atom is 0.326 e. The number of hydrogen-bond donors (Lipinski definition) is 1. The number of aromatic nitrogens is 4. The van der Waals surface area contributed by atoms with Gasteiger partial charge in [0.15, 0.2) is 0 Å². The number of H-pyrrole nitrogens is 1. The molecule has 1 aliphatic heterocycles. The summed E-state index contributed by atoms with van der Waals surface area (Å²) in [6.45, 7) is 2.86. The number of aromatic amines is 1. The largest absolute Gasteiger partial charge is 0.326 e. The monoisotopic (exact) mass is 523 g/mol. The maximum atomic E-state index is 12.7. The van der Waals surface area contributed by atoms with E-state index in [0.717, 1.165) is 71.3 Å². The molecule has 8 rings (SSSR count). The molecule has 0 saturated carbocycles. The van der Waals surface area contributed by atoms with E-state index in [1.165, 1.54) is 16.5 Å². The van der Waals surface area contributed by atoms with E-state index in [0.29, 0.717) is 0 Å². The minimum Gasteiger partial charge on any atom is -0.306 e. The van der Waals surface area contributed by atoms with Crippen molar-refractivity contribution < 1.29 is 0 Å². The standard InChI is InChI=1S/C34H29N5O/c40-34-36-28-9-3-5-11-30(28)38(34)26-17-19-37(20-18-26)22-23-13-15-24(16-14-23)33-32-21-25-7-1-4-10-29(25)39(32)31-12-6-2-8-27(31)35-33/h1-16,21,26H,17-20,22H2,(H,36,40). The number of likely N-dealkylation sites (tertiary alicyclic amines) is 1. The van der Waals surface area contributed by atoms with Gasteiger partial charge in [-0.25, -0.2) is 9.78 Å². The van der Waals surface area contributed by atoms with Crippen molar-refractivity contribution in [1.82, 2.24) is 23.8 Å². The van der Waals surface area contributed by atoms with Crippen LogP contribution < -0.4 is 5.69 Å². The van der Waals surface area contributed by atoms with E-state index in [9.17, 15) is 4.79 Å². The van der Waals surface area contributed by atoms with Crippen molar-refractivity contribution in [1.29, 1.82) is 0 Å². The quantitative estimate of drug-likeness (QED) is 0.276. The minimum atomic E-state index is 0.00234. The van der Waals surface area contributed by atoms with Gasteiger partial charge in [0.25, 0.3) is 0 Å². The lowest BCUT2D eigenvalue weighted by Gasteiger charge is -2.32. The number of hydrogen-bond acceptors (Lipinski definition) is 3. The summed E-state index contributed by atoms with van der Waals surface area (Å²) in [6.07, 6.45) is 1.95. The molecule has 4 aromatic carbocycles. The number of imidazole rings is 1. The predicted molar refractivity (Wildman–Crippen MR) is 162 cm³/mol. The molecule has 1 N–H and O–H groups in total. The summed E-state index contributed by atoms with van der Waals surface area (Å²) in [5.74, 6) is 0. The fourth-order valence-corrected chi connectivity index (χ4v) is 6.53. The molecule has 0 aliphatic carbocycles. The molecule has 0 amide bonds. The first kappa shape index (κ1) is 23.2. The number of fused-ring (bicyclic) bond motifs is 6. The van der Waals surface area contributed by atoms with E-state index >= 15 is 0 Å². The van der Waals surface area contributed by atoms with Crippen LogP contribution in [-0.4, -0.2) is 36.9 Å². The van der Waals surface area contributed by atoms with Gasteiger partial charge in [-0.1, -0.05) is 66.7 Å². The molecule has 4 heterocycles. The highest BCUT2D eigenvalue weighted by Crippen LogP contribution is 2.32. The Morgan fingerprint density at radius 2 is 1.45 bits per heavy atom. The Morgan fingerprint density at radius 3 is 2.27 bits per heavy atom. The first-order chi connectivity index (χ1) is 19.7. The summed E-state index contributed by atoms with van der Waals surface area (Å²) in [5.41, 5.74) is 9.80. The van der Waals surface area contributed by atoms with E-state index in [1.54, 1.807) is 0 Å². The van der Waals surface area contributed by atoms with Crippen molar-refractivity contribution >= 4 is 38.5 Å². The minimum absolute atomic E-state index is 0.00234. The normalized spacial score (nSPS) is 15.1. The van der Waals surface area contributed by atoms with E-state index in [4.69, 9.17) is 4.98 Å². The van der Waals surface area contributed by atoms with E-state index < -0.39 is 0 Å². The second kappa shape index (κ2) is 9.21. The highest BCUT2D eigenvalue weighted by molar-refractivity contribution is 5.98. The Morgan fingerprint density at radius 1 is 0.750 bits per heavy atom. The molecule has 6 nitrogen and oxygen atoms in total. The average Bonchev–Trinajstić information content (AvgIpc) is 3.55. The van der Waals surface area contributed by atoms with E-state index in [2.05, 4.69) is 93.1 Å². The number of rotatable bonds is 4. The van der Waals surface area contributed by atoms with Crippen LogP contribution >= 0.6 is 0 Å². The lowest BCUT2D eigenvalue weighted by atomic mass is 10.0. The van der Waals surface area contributed by atoms with Crippen LogP contribution in [0.4, 0.5) is 0 Å². The summed E-state index contributed by atoms with van der Waals surface area (Å²) in [4.78, 5) is 23.3. The molecule has 1 saturated heterocycles. The molecule has 7 aromatic rings. The van der Waals surface area contributed by atoms with Gasteiger partial charge in [0, 0.05) is 36.6 Å². The molecular formula is C34H29N5O. The summed E-state index contributed by atoms with van der Waals surface area (Å²) in [6, 6.07) is 36.3. The fraction of sp³-hybridized carbons (Fsp3) is 0.176. The SMILES string of the molecule is O=c1[nH]c2ccccc2n1C1CCN(Cc2ccc(-c3nc4ccccc4n4c3cc3ccccc34)cc2)CC1. The number of nitrogens with zero attached hydrogens (tertiary/aromatic N) is 4. The Kier molecular flexibility index (Phi) is 5.35. The van der Waals surface area contributed by atoms with Crippen molar-refractivity contribution in [2.24, 2.45) is 0 Å². The Labute approximate surface area is 231 Å². The lowest BCUT2D eigenvalue weighted by Crippen LogP contribution is -2.36. The van der Waals surface area contributed by atoms with Gasteiger partial charge >= 0.3 is 5.69 Å². The van der Waals surface area contributed by atoms with E-state index in [-0.39, 0.29) is 11.7 Å². The number of piperidine rings is 1. The number of nitrogens with one attached hydrogen (secondary N) is 1. The average molecular weight is 524 g/mol. The molecule has 0 bridgehead atoms. The van der Waals surface area contributed by atoms with Gasteiger partial charge < -0.3 is 9.38 Å². The molecule has 0 atom stereocenters. The maximum absolute atomic E-state index is 12.7. The lowest BCUT2D eigenvalue weighted by molar-refractivity contribution is 0.180. The van der Waals surface area contributed by atoms with Crippen molar-refractivity contribution in [3.05, 3.63) is 119 Å². The van der Waals surface area contributed by atoms with Crippen LogP contribution in [0.3, 0.4) is 0 Å². The zero-order valence-corrected chi connectivity index (χ0v) is 22.1. The van der Waals surface area contributed by atoms with Crippen molar-refractivity contribution in [3.8, 4) is 11.3 Å². The van der Waals surface area contributed by atoms with Crippen LogP contribution in [0.2, 0.25) is 0 Å². The predicted octanol–water partition coefficient (Wildman–Crippen LogP) is 6.79. The first-order valence-electron chi connectivity index (χ1n) is 14.0. The van der Waals surface area contributed by atoms with Crippen LogP contribution in [-0.2, 0) is 6.54 Å². The molecule has 0 spiro atoms. The highest BCUT2D eigenvalue weighted by atomic mass is 16.1. The van der Waals surface area contributed by atoms with Crippen molar-refractivity contribution in [2.45, 2.75) is 25.4 Å². The van der Waals surface area contributed by atoms with Gasteiger partial charge in [-0.05, 0) is 54.8 Å². The Bertz CT molecular complexity index is 2070. The zero-order chi connectivity index (χ0) is 26.6. The van der Waals surface area contributed by atoms with Gasteiger partial charge in [-0.3, -0.25) is 9.47 Å². The third-order valence-corrected chi connectivity index (χ3v) is 8.49. The van der Waals surface area contributed by atoms with Gasteiger partial charge in [0.05, 0.1) is 38.8 Å². The summed E-state index contributed by atoms with van der Waals surface area (Å²) in [5, 5.41) is 1.22. The van der Waals surface area contributed by atoms with Gasteiger partial charge in [0.2, 0.25) is 0 Å². The Hall–Kier alpha value is -4.68. The first-order valence-corrected chi connectivity index (χ1v) is 14.0.